The second-order valence-electron chi connectivity index (χ2n) is 5.16. The lowest BCUT2D eigenvalue weighted by molar-refractivity contribution is -0.113. The molecule has 1 N–H and O–H groups in total. The molecule has 0 aliphatic rings. The fourth-order valence-electron chi connectivity index (χ4n) is 2.10. The van der Waals surface area contributed by atoms with Gasteiger partial charge in [0.2, 0.25) is 5.91 Å². The van der Waals surface area contributed by atoms with Gasteiger partial charge in [0, 0.05) is 4.90 Å². The van der Waals surface area contributed by atoms with E-state index in [9.17, 15) is 23.2 Å². The lowest BCUT2D eigenvalue weighted by Crippen LogP contribution is -2.18. The molecule has 1 amide bonds. The van der Waals surface area contributed by atoms with Crippen LogP contribution >= 0.6 is 11.8 Å². The van der Waals surface area contributed by atoms with Gasteiger partial charge in [0.1, 0.15) is 11.6 Å². The molecule has 0 saturated carbocycles. The fourth-order valence-corrected chi connectivity index (χ4v) is 2.86. The van der Waals surface area contributed by atoms with E-state index < -0.39 is 29.5 Å². The summed E-state index contributed by atoms with van der Waals surface area (Å²) in [5, 5.41) is 2.46. The largest absolute Gasteiger partial charge is 0.465 e. The lowest BCUT2D eigenvalue weighted by atomic mass is 10.1. The molecule has 0 fully saturated rings. The Balaban J connectivity index is 2.18. The Morgan fingerprint density at radius 2 is 1.70 bits per heavy atom. The number of hydrogen-bond donors (Lipinski definition) is 1. The first-order chi connectivity index (χ1) is 12.8. The van der Waals surface area contributed by atoms with Crippen molar-refractivity contribution in [3.05, 3.63) is 59.2 Å². The maximum absolute atomic E-state index is 13.6. The normalized spacial score (nSPS) is 10.2. The average Bonchev–Trinajstić information content (AvgIpc) is 2.67. The minimum atomic E-state index is -0.717. The minimum Gasteiger partial charge on any atom is -0.465 e. The summed E-state index contributed by atoms with van der Waals surface area (Å²) in [5.74, 6) is -3.49. The molecule has 142 valence electrons. The highest BCUT2D eigenvalue weighted by Gasteiger charge is 2.18. The Hall–Kier alpha value is -2.94. The van der Waals surface area contributed by atoms with Crippen LogP contribution in [0.2, 0.25) is 0 Å². The molecule has 2 rings (SSSR count). The monoisotopic (exact) mass is 395 g/mol. The van der Waals surface area contributed by atoms with Gasteiger partial charge >= 0.3 is 11.9 Å². The number of halogens is 2. The van der Waals surface area contributed by atoms with Gasteiger partial charge in [0.15, 0.2) is 0 Å². The molecule has 0 spiro atoms. The molecular formula is C18H15F2NO5S. The van der Waals surface area contributed by atoms with E-state index in [-0.39, 0.29) is 27.5 Å². The number of carbonyl (C=O) groups is 3. The van der Waals surface area contributed by atoms with Crippen LogP contribution in [0.5, 0.6) is 0 Å². The van der Waals surface area contributed by atoms with Crippen LogP contribution < -0.4 is 5.32 Å². The highest BCUT2D eigenvalue weighted by atomic mass is 32.2. The predicted molar refractivity (Wildman–Crippen MR) is 94.8 cm³/mol. The molecule has 0 unspecified atom stereocenters. The van der Waals surface area contributed by atoms with E-state index in [2.05, 4.69) is 14.8 Å². The standard InChI is InChI=1S/C18H15F2NO5S/c1-25-17(23)10-3-5-12(18(24)26-2)14(7-10)21-16(22)9-27-15-8-11(19)4-6-13(15)20/h3-8H,9H2,1-2H3,(H,21,22). The van der Waals surface area contributed by atoms with Crippen LogP contribution in [0.15, 0.2) is 41.3 Å². The van der Waals surface area contributed by atoms with Gasteiger partial charge in [-0.1, -0.05) is 0 Å². The molecule has 9 heteroatoms. The number of esters is 2. The Kier molecular flexibility index (Phi) is 6.89. The first kappa shape index (κ1) is 20.4. The van der Waals surface area contributed by atoms with Gasteiger partial charge in [-0.05, 0) is 36.4 Å². The van der Waals surface area contributed by atoms with Crippen LogP contribution in [0.3, 0.4) is 0 Å². The third kappa shape index (κ3) is 5.27. The molecule has 6 nitrogen and oxygen atoms in total. The van der Waals surface area contributed by atoms with Gasteiger partial charge in [-0.15, -0.1) is 11.8 Å². The minimum absolute atomic E-state index is 0.0262. The van der Waals surface area contributed by atoms with Crippen molar-refractivity contribution in [2.75, 3.05) is 25.3 Å². The van der Waals surface area contributed by atoms with E-state index in [0.29, 0.717) is 0 Å². The predicted octanol–water partition coefficient (Wildman–Crippen LogP) is 3.27. The first-order valence-electron chi connectivity index (χ1n) is 7.54. The SMILES string of the molecule is COC(=O)c1ccc(C(=O)OC)c(NC(=O)CSc2cc(F)ccc2F)c1. The number of carbonyl (C=O) groups excluding carboxylic acids is 3. The van der Waals surface area contributed by atoms with Crippen molar-refractivity contribution in [2.24, 2.45) is 0 Å². The van der Waals surface area contributed by atoms with Crippen LogP contribution in [0.4, 0.5) is 14.5 Å². The highest BCUT2D eigenvalue weighted by molar-refractivity contribution is 8.00. The van der Waals surface area contributed by atoms with Gasteiger partial charge in [-0.25, -0.2) is 18.4 Å². The maximum Gasteiger partial charge on any atom is 0.339 e. The molecule has 0 atom stereocenters. The zero-order chi connectivity index (χ0) is 20.0. The lowest BCUT2D eigenvalue weighted by Gasteiger charge is -2.11. The molecule has 0 heterocycles. The molecule has 2 aromatic carbocycles. The molecule has 27 heavy (non-hydrogen) atoms. The molecule has 0 bridgehead atoms. The molecule has 0 aliphatic heterocycles. The molecular weight excluding hydrogens is 380 g/mol. The van der Waals surface area contributed by atoms with Crippen molar-refractivity contribution in [2.45, 2.75) is 4.90 Å². The molecule has 0 radical (unpaired) electrons. The van der Waals surface area contributed by atoms with Gasteiger partial charge < -0.3 is 14.8 Å². The molecule has 0 aromatic heterocycles. The maximum atomic E-state index is 13.6. The van der Waals surface area contributed by atoms with Crippen LogP contribution in [0, 0.1) is 11.6 Å². The number of benzene rings is 2. The van der Waals surface area contributed by atoms with Crippen molar-refractivity contribution in [3.8, 4) is 0 Å². The fraction of sp³-hybridized carbons (Fsp3) is 0.167. The molecule has 0 aliphatic carbocycles. The highest BCUT2D eigenvalue weighted by Crippen LogP contribution is 2.24. The Morgan fingerprint density at radius 1 is 1.00 bits per heavy atom. The smallest absolute Gasteiger partial charge is 0.339 e. The Morgan fingerprint density at radius 3 is 2.37 bits per heavy atom. The molecule has 0 saturated heterocycles. The van der Waals surface area contributed by atoms with E-state index in [0.717, 1.165) is 30.0 Å². The van der Waals surface area contributed by atoms with Gasteiger partial charge in [-0.3, -0.25) is 4.79 Å². The average molecular weight is 395 g/mol. The number of ether oxygens (including phenoxy) is 2. The van der Waals surface area contributed by atoms with Gasteiger partial charge in [0.05, 0.1) is 36.8 Å². The van der Waals surface area contributed by atoms with Crippen molar-refractivity contribution in [3.63, 3.8) is 0 Å². The summed E-state index contributed by atoms with van der Waals surface area (Å²) in [6.07, 6.45) is 0. The zero-order valence-electron chi connectivity index (χ0n) is 14.4. The summed E-state index contributed by atoms with van der Waals surface area (Å²) >= 11 is 0.789. The number of hydrogen-bond acceptors (Lipinski definition) is 6. The summed E-state index contributed by atoms with van der Waals surface area (Å²) in [4.78, 5) is 35.6. The third-order valence-corrected chi connectivity index (χ3v) is 4.40. The Labute approximate surface area is 157 Å². The van der Waals surface area contributed by atoms with Crippen LogP contribution in [0.1, 0.15) is 20.7 Å². The van der Waals surface area contributed by atoms with Crippen molar-refractivity contribution in [1.82, 2.24) is 0 Å². The summed E-state index contributed by atoms with van der Waals surface area (Å²) < 4.78 is 36.0. The third-order valence-electron chi connectivity index (χ3n) is 3.37. The van der Waals surface area contributed by atoms with Gasteiger partial charge in [0.25, 0.3) is 0 Å². The second kappa shape index (κ2) is 9.13. The number of anilines is 1. The number of thioether (sulfide) groups is 1. The quantitative estimate of drug-likeness (QED) is 0.597. The summed E-state index contributed by atoms with van der Waals surface area (Å²) in [7, 11) is 2.36. The van der Waals surface area contributed by atoms with E-state index in [1.165, 1.54) is 32.4 Å². The number of nitrogens with one attached hydrogen (secondary N) is 1. The summed E-state index contributed by atoms with van der Waals surface area (Å²) in [5.41, 5.74) is 0.180. The van der Waals surface area contributed by atoms with Crippen LogP contribution in [0.25, 0.3) is 0 Å². The van der Waals surface area contributed by atoms with Crippen LogP contribution in [-0.4, -0.2) is 37.8 Å². The Bertz CT molecular complexity index is 888. The topological polar surface area (TPSA) is 81.7 Å². The number of methoxy groups -OCH3 is 2. The van der Waals surface area contributed by atoms with E-state index in [1.807, 2.05) is 0 Å². The van der Waals surface area contributed by atoms with E-state index in [4.69, 9.17) is 0 Å². The first-order valence-corrected chi connectivity index (χ1v) is 8.52. The summed E-state index contributed by atoms with van der Waals surface area (Å²) in [6, 6.07) is 6.84. The van der Waals surface area contributed by atoms with Crippen molar-refractivity contribution < 1.29 is 32.6 Å². The molecule has 2 aromatic rings. The van der Waals surface area contributed by atoms with Gasteiger partial charge in [-0.2, -0.15) is 0 Å². The second-order valence-corrected chi connectivity index (χ2v) is 6.17. The van der Waals surface area contributed by atoms with Crippen molar-refractivity contribution >= 4 is 35.3 Å². The summed E-state index contributed by atoms with van der Waals surface area (Å²) in [6.45, 7) is 0. The number of rotatable bonds is 6. The van der Waals surface area contributed by atoms with Crippen molar-refractivity contribution in [1.29, 1.82) is 0 Å². The number of amides is 1. The zero-order valence-corrected chi connectivity index (χ0v) is 15.2. The van der Waals surface area contributed by atoms with E-state index in [1.54, 1.807) is 0 Å². The van der Waals surface area contributed by atoms with E-state index >= 15 is 0 Å². The van der Waals surface area contributed by atoms with Crippen LogP contribution in [-0.2, 0) is 14.3 Å².